The van der Waals surface area contributed by atoms with E-state index < -0.39 is 46.8 Å². The van der Waals surface area contributed by atoms with Crippen molar-refractivity contribution in [3.63, 3.8) is 0 Å². The quantitative estimate of drug-likeness (QED) is 0.423. The summed E-state index contributed by atoms with van der Waals surface area (Å²) in [4.78, 5) is 39.2. The van der Waals surface area contributed by atoms with Crippen molar-refractivity contribution in [2.45, 2.75) is 57.8 Å². The van der Waals surface area contributed by atoms with E-state index >= 15 is 0 Å². The molecule has 1 spiro atoms. The fourth-order valence-corrected chi connectivity index (χ4v) is 5.70. The van der Waals surface area contributed by atoms with Crippen LogP contribution >= 0.6 is 0 Å². The molecule has 36 heavy (non-hydrogen) atoms. The van der Waals surface area contributed by atoms with Gasteiger partial charge in [-0.2, -0.15) is 0 Å². The van der Waals surface area contributed by atoms with Crippen LogP contribution in [0.4, 0.5) is 4.79 Å². The maximum atomic E-state index is 13.7. The van der Waals surface area contributed by atoms with Crippen LogP contribution in [0, 0.1) is 23.7 Å². The first-order valence-corrected chi connectivity index (χ1v) is 12.2. The van der Waals surface area contributed by atoms with E-state index in [1.54, 1.807) is 37.3 Å². The fraction of sp³-hybridized carbons (Fsp3) is 0.464. The number of benzene rings is 1. The largest absolute Gasteiger partial charge is 0.514 e. The van der Waals surface area contributed by atoms with Gasteiger partial charge < -0.3 is 25.0 Å². The Labute approximate surface area is 210 Å². The molecule has 8 heteroatoms. The molecule has 0 saturated carbocycles. The number of phenols is 1. The molecule has 1 amide bonds. The minimum atomic E-state index is -1.82. The molecule has 1 aromatic carbocycles. The topological polar surface area (TPSA) is 122 Å². The van der Waals surface area contributed by atoms with E-state index in [1.807, 2.05) is 26.0 Å². The second-order valence-electron chi connectivity index (χ2n) is 10.3. The lowest BCUT2D eigenvalue weighted by atomic mass is 9.63. The average Bonchev–Trinajstić information content (AvgIpc) is 3.09. The third kappa shape index (κ3) is 4.57. The fourth-order valence-electron chi connectivity index (χ4n) is 5.70. The molecule has 0 aromatic heterocycles. The molecule has 0 radical (unpaired) electrons. The van der Waals surface area contributed by atoms with Crippen molar-refractivity contribution in [1.29, 1.82) is 0 Å². The van der Waals surface area contributed by atoms with Crippen LogP contribution in [-0.2, 0) is 25.5 Å². The molecule has 1 saturated heterocycles. The van der Waals surface area contributed by atoms with E-state index in [-0.39, 0.29) is 17.7 Å². The molecule has 7 atom stereocenters. The van der Waals surface area contributed by atoms with E-state index in [2.05, 4.69) is 5.32 Å². The zero-order valence-corrected chi connectivity index (χ0v) is 20.9. The molecular formula is C28H33NO7. The number of phenolic OH excluding ortho intramolecular Hbond substituents is 1. The van der Waals surface area contributed by atoms with E-state index in [1.165, 1.54) is 6.92 Å². The molecule has 3 aliphatic rings. The lowest BCUT2D eigenvalue weighted by molar-refractivity contribution is -0.147. The van der Waals surface area contributed by atoms with Crippen LogP contribution in [0.15, 0.2) is 60.4 Å². The number of rotatable bonds is 2. The second-order valence-corrected chi connectivity index (χ2v) is 10.3. The van der Waals surface area contributed by atoms with Gasteiger partial charge in [-0.3, -0.25) is 9.59 Å². The highest BCUT2D eigenvalue weighted by Gasteiger charge is 2.64. The summed E-state index contributed by atoms with van der Waals surface area (Å²) in [6.07, 6.45) is 7.33. The van der Waals surface area contributed by atoms with Crippen molar-refractivity contribution in [2.24, 2.45) is 23.7 Å². The molecule has 2 aliphatic heterocycles. The van der Waals surface area contributed by atoms with Gasteiger partial charge >= 0.3 is 6.16 Å². The first kappa shape index (κ1) is 25.7. The number of aliphatic hydroxyl groups is 1. The van der Waals surface area contributed by atoms with Crippen molar-refractivity contribution >= 4 is 17.8 Å². The van der Waals surface area contributed by atoms with Crippen LogP contribution in [-0.4, -0.2) is 45.3 Å². The van der Waals surface area contributed by atoms with Crippen LogP contribution in [0.5, 0.6) is 5.75 Å². The lowest BCUT2D eigenvalue weighted by Crippen LogP contribution is -2.56. The average molecular weight is 496 g/mol. The number of carbonyl (C=O) groups is 3. The molecule has 0 bridgehead atoms. The van der Waals surface area contributed by atoms with Crippen LogP contribution < -0.4 is 5.32 Å². The molecule has 4 rings (SSSR count). The highest BCUT2D eigenvalue weighted by Crippen LogP contribution is 2.50. The van der Waals surface area contributed by atoms with Gasteiger partial charge in [-0.25, -0.2) is 4.79 Å². The van der Waals surface area contributed by atoms with Crippen molar-refractivity contribution in [3.05, 3.63) is 66.0 Å². The number of hydrogen-bond donors (Lipinski definition) is 3. The summed E-state index contributed by atoms with van der Waals surface area (Å²) in [5, 5.41) is 23.2. The number of carbonyl (C=O) groups excluding carboxylic acids is 3. The second kappa shape index (κ2) is 9.58. The SMILES string of the molecule is CC1=C[C@@H]2/C=C\CC(C)C(=O)C(C)(O)C=COC(=O)O[C@]23C(=O)N[C@@H](Cc2ccc(O)cc2)[C@@H]3[C@@H]1C. The Morgan fingerprint density at radius 2 is 1.83 bits per heavy atom. The minimum absolute atomic E-state index is 0.0871. The molecule has 1 aromatic rings. The predicted molar refractivity (Wildman–Crippen MR) is 132 cm³/mol. The van der Waals surface area contributed by atoms with Gasteiger partial charge in [0, 0.05) is 23.8 Å². The number of ether oxygens (including phenoxy) is 2. The Morgan fingerprint density at radius 3 is 2.53 bits per heavy atom. The maximum absolute atomic E-state index is 13.7. The standard InChI is InChI=1S/C28H33NO7/c1-16-6-5-7-20-14-17(2)18(3)23-22(15-19-8-10-21(30)11-9-19)29-25(32)28(20,23)36-26(33)35-13-12-27(4,34)24(16)31/h5,7-14,16,18,20,22-23,30,34H,6,15H2,1-4H3,(H,29,32)/b7-5-,13-12?/t16?,18-,20+,22+,23+,27?,28-/m1/s1. The summed E-state index contributed by atoms with van der Waals surface area (Å²) in [6.45, 7) is 7.06. The van der Waals surface area contributed by atoms with Gasteiger partial charge in [-0.15, -0.1) is 0 Å². The van der Waals surface area contributed by atoms with Crippen LogP contribution in [0.25, 0.3) is 0 Å². The molecule has 8 nitrogen and oxygen atoms in total. The Balaban J connectivity index is 1.76. The molecule has 3 N–H and O–H groups in total. The number of allylic oxidation sites excluding steroid dienone is 2. The summed E-state index contributed by atoms with van der Waals surface area (Å²) < 4.78 is 11.0. The Bertz CT molecular complexity index is 1130. The van der Waals surface area contributed by atoms with Crippen molar-refractivity contribution < 1.29 is 34.1 Å². The Hall–Kier alpha value is -3.39. The molecule has 1 aliphatic carbocycles. The number of nitrogens with one attached hydrogen (secondary N) is 1. The zero-order chi connectivity index (χ0) is 26.3. The van der Waals surface area contributed by atoms with Gasteiger partial charge in [-0.1, -0.05) is 49.8 Å². The molecule has 2 heterocycles. The third-order valence-electron chi connectivity index (χ3n) is 7.78. The first-order chi connectivity index (χ1) is 17.0. The smallest absolute Gasteiger partial charge is 0.508 e. The van der Waals surface area contributed by atoms with Crippen molar-refractivity contribution in [1.82, 2.24) is 5.32 Å². The van der Waals surface area contributed by atoms with Gasteiger partial charge in [-0.05, 0) is 56.4 Å². The monoisotopic (exact) mass is 495 g/mol. The number of cyclic esters (lactones) is 1. The summed E-state index contributed by atoms with van der Waals surface area (Å²) in [7, 11) is 0. The van der Waals surface area contributed by atoms with Gasteiger partial charge in [0.15, 0.2) is 5.78 Å². The number of hydrogen-bond acceptors (Lipinski definition) is 7. The Kier molecular flexibility index (Phi) is 6.84. The predicted octanol–water partition coefficient (Wildman–Crippen LogP) is 3.58. The summed E-state index contributed by atoms with van der Waals surface area (Å²) in [6, 6.07) is 6.46. The normalized spacial score (nSPS) is 37.6. The number of Topliss-reactive ketones (excluding diaryl/α,β-unsaturated/α-hetero) is 1. The summed E-state index contributed by atoms with van der Waals surface area (Å²) in [5.41, 5.74) is -1.39. The first-order valence-electron chi connectivity index (χ1n) is 12.2. The Morgan fingerprint density at radius 1 is 1.14 bits per heavy atom. The van der Waals surface area contributed by atoms with E-state index in [0.29, 0.717) is 12.8 Å². The third-order valence-corrected chi connectivity index (χ3v) is 7.78. The van der Waals surface area contributed by atoms with Crippen molar-refractivity contribution in [2.75, 3.05) is 0 Å². The van der Waals surface area contributed by atoms with Gasteiger partial charge in [0.05, 0.1) is 6.26 Å². The minimum Gasteiger partial charge on any atom is -0.508 e. The van der Waals surface area contributed by atoms with Gasteiger partial charge in [0.25, 0.3) is 5.91 Å². The molecule has 1 fully saturated rings. The number of ketones is 1. The van der Waals surface area contributed by atoms with Crippen LogP contribution in [0.1, 0.15) is 39.7 Å². The lowest BCUT2D eigenvalue weighted by Gasteiger charge is -2.44. The highest BCUT2D eigenvalue weighted by atomic mass is 16.7. The molecule has 2 unspecified atom stereocenters. The zero-order valence-electron chi connectivity index (χ0n) is 20.9. The van der Waals surface area contributed by atoms with E-state index in [9.17, 15) is 24.6 Å². The van der Waals surface area contributed by atoms with Gasteiger partial charge in [0.1, 0.15) is 11.4 Å². The highest BCUT2D eigenvalue weighted by molar-refractivity contribution is 5.92. The van der Waals surface area contributed by atoms with Crippen LogP contribution in [0.3, 0.4) is 0 Å². The van der Waals surface area contributed by atoms with E-state index in [4.69, 9.17) is 9.47 Å². The molecule has 192 valence electrons. The maximum Gasteiger partial charge on any atom is 0.514 e. The summed E-state index contributed by atoms with van der Waals surface area (Å²) >= 11 is 0. The van der Waals surface area contributed by atoms with Gasteiger partial charge in [0.2, 0.25) is 5.60 Å². The molecular weight excluding hydrogens is 462 g/mol. The van der Waals surface area contributed by atoms with Crippen molar-refractivity contribution in [3.8, 4) is 5.75 Å². The van der Waals surface area contributed by atoms with E-state index in [0.717, 1.165) is 23.5 Å². The van der Waals surface area contributed by atoms with Crippen LogP contribution in [0.2, 0.25) is 0 Å². The number of amides is 1. The summed E-state index contributed by atoms with van der Waals surface area (Å²) in [5.74, 6) is -2.24. The number of aromatic hydroxyl groups is 1.